The fourth-order valence-corrected chi connectivity index (χ4v) is 2.10. The topological polar surface area (TPSA) is 49.3 Å². The van der Waals surface area contributed by atoms with E-state index in [1.807, 2.05) is 6.07 Å². The van der Waals surface area contributed by atoms with Crippen molar-refractivity contribution >= 4 is 27.6 Å². The zero-order valence-electron chi connectivity index (χ0n) is 10.0. The number of carboxylic acid groups (broad SMARTS) is 1. The van der Waals surface area contributed by atoms with E-state index in [0.717, 1.165) is 36.0 Å². The molecule has 17 heavy (non-hydrogen) atoms. The largest absolute Gasteiger partial charge is 0.481 e. The minimum Gasteiger partial charge on any atom is -0.481 e. The molecule has 0 amide bonds. The van der Waals surface area contributed by atoms with E-state index in [1.54, 1.807) is 0 Å². The van der Waals surface area contributed by atoms with Crippen molar-refractivity contribution in [3.63, 3.8) is 0 Å². The van der Waals surface area contributed by atoms with E-state index >= 15 is 0 Å². The first-order valence-corrected chi connectivity index (χ1v) is 6.60. The Hall–Kier alpha value is -1.03. The van der Waals surface area contributed by atoms with Crippen LogP contribution in [0, 0.1) is 6.92 Å². The Balaban J connectivity index is 2.20. The third kappa shape index (κ3) is 5.73. The second-order valence-corrected chi connectivity index (χ2v) is 5.01. The van der Waals surface area contributed by atoms with Crippen LogP contribution in [0.5, 0.6) is 0 Å². The standard InChI is InChI=1S/C13H18BrNO2/c1-10-9-11(14)6-7-12(10)15-8-4-2-3-5-13(16)17/h6-7,9,15H,2-5,8H2,1H3,(H,16,17). The number of unbranched alkanes of at least 4 members (excludes halogenated alkanes) is 2. The van der Waals surface area contributed by atoms with E-state index in [2.05, 4.69) is 40.3 Å². The first-order valence-electron chi connectivity index (χ1n) is 5.81. The van der Waals surface area contributed by atoms with Crippen molar-refractivity contribution in [2.24, 2.45) is 0 Å². The fourth-order valence-electron chi connectivity index (χ4n) is 1.63. The van der Waals surface area contributed by atoms with Crippen LogP contribution in [0.15, 0.2) is 22.7 Å². The number of carbonyl (C=O) groups is 1. The molecule has 1 rings (SSSR count). The molecule has 1 aromatic rings. The van der Waals surface area contributed by atoms with Crippen molar-refractivity contribution in [1.82, 2.24) is 0 Å². The third-order valence-corrected chi connectivity index (χ3v) is 3.06. The first kappa shape index (κ1) is 14.0. The zero-order valence-corrected chi connectivity index (χ0v) is 11.6. The molecule has 0 fully saturated rings. The normalized spacial score (nSPS) is 10.2. The lowest BCUT2D eigenvalue weighted by Gasteiger charge is -2.09. The van der Waals surface area contributed by atoms with Gasteiger partial charge in [0, 0.05) is 23.1 Å². The van der Waals surface area contributed by atoms with Gasteiger partial charge in [-0.3, -0.25) is 4.79 Å². The molecule has 0 spiro atoms. The predicted molar refractivity (Wildman–Crippen MR) is 73.5 cm³/mol. The molecule has 2 N–H and O–H groups in total. The van der Waals surface area contributed by atoms with Gasteiger partial charge < -0.3 is 10.4 Å². The summed E-state index contributed by atoms with van der Waals surface area (Å²) >= 11 is 3.43. The number of aliphatic carboxylic acids is 1. The molecule has 0 aromatic heterocycles. The minimum atomic E-state index is -0.707. The maximum atomic E-state index is 10.3. The van der Waals surface area contributed by atoms with Gasteiger partial charge in [0.25, 0.3) is 0 Å². The summed E-state index contributed by atoms with van der Waals surface area (Å²) in [6.07, 6.45) is 2.99. The number of hydrogen-bond acceptors (Lipinski definition) is 2. The summed E-state index contributed by atoms with van der Waals surface area (Å²) in [7, 11) is 0. The van der Waals surface area contributed by atoms with Crippen LogP contribution in [0.1, 0.15) is 31.2 Å². The highest BCUT2D eigenvalue weighted by Crippen LogP contribution is 2.19. The summed E-state index contributed by atoms with van der Waals surface area (Å²) in [5.41, 5.74) is 2.36. The summed E-state index contributed by atoms with van der Waals surface area (Å²) < 4.78 is 1.09. The maximum Gasteiger partial charge on any atom is 0.303 e. The number of benzene rings is 1. The SMILES string of the molecule is Cc1cc(Br)ccc1NCCCCCC(=O)O. The number of hydrogen-bond donors (Lipinski definition) is 2. The lowest BCUT2D eigenvalue weighted by molar-refractivity contribution is -0.137. The van der Waals surface area contributed by atoms with Gasteiger partial charge in [-0.15, -0.1) is 0 Å². The van der Waals surface area contributed by atoms with Crippen molar-refractivity contribution in [1.29, 1.82) is 0 Å². The van der Waals surface area contributed by atoms with Gasteiger partial charge in [-0.05, 0) is 43.5 Å². The van der Waals surface area contributed by atoms with Crippen LogP contribution in [0.4, 0.5) is 5.69 Å². The average Bonchev–Trinajstić information content (AvgIpc) is 2.25. The highest BCUT2D eigenvalue weighted by Gasteiger charge is 1.99. The molecule has 94 valence electrons. The molecule has 3 nitrogen and oxygen atoms in total. The summed E-state index contributed by atoms with van der Waals surface area (Å²) in [6, 6.07) is 6.14. The van der Waals surface area contributed by atoms with Crippen LogP contribution in [0.25, 0.3) is 0 Å². The van der Waals surface area contributed by atoms with Crippen LogP contribution in [0.3, 0.4) is 0 Å². The molecule has 0 atom stereocenters. The highest BCUT2D eigenvalue weighted by molar-refractivity contribution is 9.10. The predicted octanol–water partition coefficient (Wildman–Crippen LogP) is 3.81. The average molecular weight is 300 g/mol. The number of nitrogens with one attached hydrogen (secondary N) is 1. The third-order valence-electron chi connectivity index (χ3n) is 2.57. The van der Waals surface area contributed by atoms with E-state index in [4.69, 9.17) is 5.11 Å². The Kier molecular flexibility index (Phi) is 6.05. The van der Waals surface area contributed by atoms with E-state index in [9.17, 15) is 4.79 Å². The van der Waals surface area contributed by atoms with Gasteiger partial charge in [0.2, 0.25) is 0 Å². The Morgan fingerprint density at radius 3 is 2.76 bits per heavy atom. The molecule has 0 radical (unpaired) electrons. The van der Waals surface area contributed by atoms with Crippen LogP contribution >= 0.6 is 15.9 Å². The molecular formula is C13H18BrNO2. The van der Waals surface area contributed by atoms with Crippen LogP contribution in [-0.4, -0.2) is 17.6 Å². The molecule has 0 saturated heterocycles. The van der Waals surface area contributed by atoms with Gasteiger partial charge >= 0.3 is 5.97 Å². The van der Waals surface area contributed by atoms with Gasteiger partial charge in [-0.2, -0.15) is 0 Å². The quantitative estimate of drug-likeness (QED) is 0.753. The Morgan fingerprint density at radius 1 is 1.35 bits per heavy atom. The van der Waals surface area contributed by atoms with Crippen molar-refractivity contribution < 1.29 is 9.90 Å². The van der Waals surface area contributed by atoms with Crippen molar-refractivity contribution in [3.05, 3.63) is 28.2 Å². The van der Waals surface area contributed by atoms with E-state index < -0.39 is 5.97 Å². The molecule has 0 aliphatic heterocycles. The number of rotatable bonds is 7. The molecule has 0 bridgehead atoms. The molecule has 0 aliphatic rings. The molecule has 0 heterocycles. The summed E-state index contributed by atoms with van der Waals surface area (Å²) in [4.78, 5) is 10.3. The Morgan fingerprint density at radius 2 is 2.12 bits per heavy atom. The first-order chi connectivity index (χ1) is 8.09. The molecule has 0 unspecified atom stereocenters. The second kappa shape index (κ2) is 7.33. The van der Waals surface area contributed by atoms with E-state index in [0.29, 0.717) is 0 Å². The molecule has 0 aliphatic carbocycles. The Labute approximate surface area is 110 Å². The van der Waals surface area contributed by atoms with Gasteiger partial charge in [0.05, 0.1) is 0 Å². The molecule has 1 aromatic carbocycles. The van der Waals surface area contributed by atoms with Crippen LogP contribution < -0.4 is 5.32 Å². The Bertz CT molecular complexity index is 380. The second-order valence-electron chi connectivity index (χ2n) is 4.09. The number of aryl methyl sites for hydroxylation is 1. The number of carboxylic acids is 1. The lowest BCUT2D eigenvalue weighted by Crippen LogP contribution is -2.03. The number of halogens is 1. The highest BCUT2D eigenvalue weighted by atomic mass is 79.9. The van der Waals surface area contributed by atoms with Gasteiger partial charge in [-0.1, -0.05) is 22.4 Å². The molecular weight excluding hydrogens is 282 g/mol. The zero-order chi connectivity index (χ0) is 12.7. The van der Waals surface area contributed by atoms with Crippen LogP contribution in [-0.2, 0) is 4.79 Å². The van der Waals surface area contributed by atoms with Gasteiger partial charge in [0.1, 0.15) is 0 Å². The summed E-state index contributed by atoms with van der Waals surface area (Å²) in [5.74, 6) is -0.707. The summed E-state index contributed by atoms with van der Waals surface area (Å²) in [5, 5.41) is 11.9. The number of anilines is 1. The smallest absolute Gasteiger partial charge is 0.303 e. The fraction of sp³-hybridized carbons (Fsp3) is 0.462. The molecule has 0 saturated carbocycles. The lowest BCUT2D eigenvalue weighted by atomic mass is 10.1. The van der Waals surface area contributed by atoms with Crippen molar-refractivity contribution in [3.8, 4) is 0 Å². The van der Waals surface area contributed by atoms with Crippen LogP contribution in [0.2, 0.25) is 0 Å². The van der Waals surface area contributed by atoms with Crippen molar-refractivity contribution in [2.75, 3.05) is 11.9 Å². The van der Waals surface area contributed by atoms with Gasteiger partial charge in [0.15, 0.2) is 0 Å². The molecule has 4 heteroatoms. The summed E-state index contributed by atoms with van der Waals surface area (Å²) in [6.45, 7) is 2.96. The van der Waals surface area contributed by atoms with Gasteiger partial charge in [-0.25, -0.2) is 0 Å². The van der Waals surface area contributed by atoms with E-state index in [1.165, 1.54) is 5.56 Å². The maximum absolute atomic E-state index is 10.3. The monoisotopic (exact) mass is 299 g/mol. The minimum absolute atomic E-state index is 0.275. The van der Waals surface area contributed by atoms with Crippen molar-refractivity contribution in [2.45, 2.75) is 32.6 Å². The van der Waals surface area contributed by atoms with E-state index in [-0.39, 0.29) is 6.42 Å².